The molecule has 0 aliphatic carbocycles. The minimum absolute atomic E-state index is 0.241. The second-order valence-electron chi connectivity index (χ2n) is 6.40. The number of carbonyl (C=O) groups is 3. The van der Waals surface area contributed by atoms with Crippen LogP contribution in [0.5, 0.6) is 0 Å². The van der Waals surface area contributed by atoms with E-state index in [2.05, 4.69) is 5.32 Å². The van der Waals surface area contributed by atoms with Crippen molar-refractivity contribution in [2.24, 2.45) is 0 Å². The molecule has 0 aromatic heterocycles. The fourth-order valence-corrected chi connectivity index (χ4v) is 2.53. The molecular weight excluding hydrogens is 373 g/mol. The highest BCUT2D eigenvalue weighted by Crippen LogP contribution is 2.13. The minimum atomic E-state index is -0.670. The Bertz CT molecular complexity index is 1030. The lowest BCUT2D eigenvalue weighted by Crippen LogP contribution is -2.15. The van der Waals surface area contributed by atoms with Crippen molar-refractivity contribution < 1.29 is 23.5 Å². The van der Waals surface area contributed by atoms with Crippen LogP contribution in [0.3, 0.4) is 0 Å². The average molecular weight is 391 g/mol. The van der Waals surface area contributed by atoms with Gasteiger partial charge in [-0.05, 0) is 67.6 Å². The van der Waals surface area contributed by atoms with Gasteiger partial charge in [-0.15, -0.1) is 0 Å². The van der Waals surface area contributed by atoms with E-state index in [0.717, 1.165) is 5.56 Å². The number of hydrogen-bond acceptors (Lipinski definition) is 4. The zero-order valence-electron chi connectivity index (χ0n) is 15.6. The third kappa shape index (κ3) is 5.35. The van der Waals surface area contributed by atoms with Crippen molar-refractivity contribution >= 4 is 23.3 Å². The summed E-state index contributed by atoms with van der Waals surface area (Å²) in [5.41, 5.74) is 2.61. The van der Waals surface area contributed by atoms with Gasteiger partial charge in [-0.25, -0.2) is 9.18 Å². The Hall–Kier alpha value is -3.80. The standard InChI is InChI=1S/C23H18FNO4/c1-15-2-4-17(5-3-15)22(27)25-20-12-8-18(9-13-20)23(28)29-14-21(26)16-6-10-19(24)11-7-16/h2-13H,14H2,1H3,(H,25,27). The van der Waals surface area contributed by atoms with E-state index in [4.69, 9.17) is 4.74 Å². The summed E-state index contributed by atoms with van der Waals surface area (Å²) < 4.78 is 17.9. The number of anilines is 1. The molecule has 0 atom stereocenters. The number of amides is 1. The summed E-state index contributed by atoms with van der Waals surface area (Å²) >= 11 is 0. The van der Waals surface area contributed by atoms with E-state index in [-0.39, 0.29) is 17.0 Å². The van der Waals surface area contributed by atoms with Gasteiger partial charge in [-0.3, -0.25) is 9.59 Å². The van der Waals surface area contributed by atoms with Gasteiger partial charge in [0.2, 0.25) is 0 Å². The lowest BCUT2D eigenvalue weighted by atomic mass is 10.1. The SMILES string of the molecule is Cc1ccc(C(=O)Nc2ccc(C(=O)OCC(=O)c3ccc(F)cc3)cc2)cc1. The van der Waals surface area contributed by atoms with Crippen molar-refractivity contribution in [1.82, 2.24) is 0 Å². The van der Waals surface area contributed by atoms with Crippen LogP contribution in [0.25, 0.3) is 0 Å². The van der Waals surface area contributed by atoms with Gasteiger partial charge in [0.05, 0.1) is 5.56 Å². The molecule has 3 aromatic carbocycles. The summed E-state index contributed by atoms with van der Waals surface area (Å²) in [6.07, 6.45) is 0. The smallest absolute Gasteiger partial charge is 0.338 e. The van der Waals surface area contributed by atoms with Crippen molar-refractivity contribution in [2.75, 3.05) is 11.9 Å². The Morgan fingerprint density at radius 1 is 0.793 bits per heavy atom. The molecule has 0 radical (unpaired) electrons. The van der Waals surface area contributed by atoms with E-state index >= 15 is 0 Å². The van der Waals surface area contributed by atoms with Crippen molar-refractivity contribution in [1.29, 1.82) is 0 Å². The molecule has 0 aliphatic rings. The predicted octanol–water partition coefficient (Wildman–Crippen LogP) is 4.43. The fourth-order valence-electron chi connectivity index (χ4n) is 2.53. The van der Waals surface area contributed by atoms with Crippen LogP contribution >= 0.6 is 0 Å². The molecule has 0 unspecified atom stereocenters. The third-order valence-corrected chi connectivity index (χ3v) is 4.19. The summed E-state index contributed by atoms with van der Waals surface area (Å²) in [5, 5.41) is 2.74. The summed E-state index contributed by atoms with van der Waals surface area (Å²) in [6.45, 7) is 1.49. The van der Waals surface area contributed by atoms with Crippen LogP contribution in [0.1, 0.15) is 36.6 Å². The van der Waals surface area contributed by atoms with Crippen molar-refractivity contribution in [3.8, 4) is 0 Å². The Morgan fingerprint density at radius 2 is 1.34 bits per heavy atom. The van der Waals surface area contributed by atoms with Gasteiger partial charge in [0.1, 0.15) is 5.82 Å². The van der Waals surface area contributed by atoms with E-state index < -0.39 is 24.2 Å². The molecule has 0 spiro atoms. The Labute approximate surface area is 167 Å². The lowest BCUT2D eigenvalue weighted by molar-refractivity contribution is 0.0474. The number of esters is 1. The first-order valence-electron chi connectivity index (χ1n) is 8.86. The number of Topliss-reactive ketones (excluding diaryl/α,β-unsaturated/α-hetero) is 1. The molecule has 0 saturated carbocycles. The summed E-state index contributed by atoms with van der Waals surface area (Å²) in [6, 6.07) is 18.3. The van der Waals surface area contributed by atoms with E-state index in [9.17, 15) is 18.8 Å². The first kappa shape index (κ1) is 19.9. The van der Waals surface area contributed by atoms with Crippen LogP contribution in [0, 0.1) is 12.7 Å². The molecule has 0 aliphatic heterocycles. The Kier molecular flexibility index (Phi) is 6.14. The molecule has 3 aromatic rings. The highest BCUT2D eigenvalue weighted by Gasteiger charge is 2.13. The first-order valence-corrected chi connectivity index (χ1v) is 8.86. The Balaban J connectivity index is 1.55. The molecule has 3 rings (SSSR count). The summed E-state index contributed by atoms with van der Waals surface area (Å²) in [5.74, 6) is -1.81. The maximum Gasteiger partial charge on any atom is 0.338 e. The number of rotatable bonds is 6. The average Bonchev–Trinajstić information content (AvgIpc) is 2.73. The molecule has 0 heterocycles. The number of benzene rings is 3. The minimum Gasteiger partial charge on any atom is -0.454 e. The molecule has 1 N–H and O–H groups in total. The zero-order chi connectivity index (χ0) is 20.8. The molecule has 0 saturated heterocycles. The lowest BCUT2D eigenvalue weighted by Gasteiger charge is -2.07. The number of ether oxygens (including phenoxy) is 1. The second-order valence-corrected chi connectivity index (χ2v) is 6.40. The van der Waals surface area contributed by atoms with E-state index in [1.54, 1.807) is 24.3 Å². The zero-order valence-corrected chi connectivity index (χ0v) is 15.6. The van der Waals surface area contributed by atoms with E-state index in [0.29, 0.717) is 11.3 Å². The fraction of sp³-hybridized carbons (Fsp3) is 0.0870. The summed E-state index contributed by atoms with van der Waals surface area (Å²) in [4.78, 5) is 36.3. The van der Waals surface area contributed by atoms with Gasteiger partial charge in [-0.1, -0.05) is 17.7 Å². The van der Waals surface area contributed by atoms with E-state index in [1.807, 2.05) is 19.1 Å². The van der Waals surface area contributed by atoms with E-state index in [1.165, 1.54) is 36.4 Å². The molecule has 29 heavy (non-hydrogen) atoms. The van der Waals surface area contributed by atoms with Gasteiger partial charge in [0.25, 0.3) is 5.91 Å². The van der Waals surface area contributed by atoms with Gasteiger partial charge in [-0.2, -0.15) is 0 Å². The third-order valence-electron chi connectivity index (χ3n) is 4.19. The van der Waals surface area contributed by atoms with Crippen molar-refractivity contribution in [2.45, 2.75) is 6.92 Å². The second kappa shape index (κ2) is 8.93. The van der Waals surface area contributed by atoms with Gasteiger partial charge >= 0.3 is 5.97 Å². The molecule has 0 bridgehead atoms. The monoisotopic (exact) mass is 391 g/mol. The van der Waals surface area contributed by atoms with Gasteiger partial charge < -0.3 is 10.1 Å². The summed E-state index contributed by atoms with van der Waals surface area (Å²) in [7, 11) is 0. The molecule has 0 fully saturated rings. The van der Waals surface area contributed by atoms with Crippen molar-refractivity contribution in [3.63, 3.8) is 0 Å². The highest BCUT2D eigenvalue weighted by atomic mass is 19.1. The first-order chi connectivity index (χ1) is 13.9. The van der Waals surface area contributed by atoms with Gasteiger partial charge in [0.15, 0.2) is 12.4 Å². The molecule has 1 amide bonds. The number of carbonyl (C=O) groups excluding carboxylic acids is 3. The molecule has 6 heteroatoms. The van der Waals surface area contributed by atoms with Crippen LogP contribution in [0.15, 0.2) is 72.8 Å². The number of halogens is 1. The molecule has 5 nitrogen and oxygen atoms in total. The number of hydrogen-bond donors (Lipinski definition) is 1. The number of nitrogens with one attached hydrogen (secondary N) is 1. The van der Waals surface area contributed by atoms with Crippen LogP contribution in [-0.4, -0.2) is 24.3 Å². The number of aryl methyl sites for hydroxylation is 1. The molecule has 146 valence electrons. The highest BCUT2D eigenvalue weighted by molar-refractivity contribution is 6.04. The normalized spacial score (nSPS) is 10.3. The predicted molar refractivity (Wildman–Crippen MR) is 107 cm³/mol. The quantitative estimate of drug-likeness (QED) is 0.499. The Morgan fingerprint density at radius 3 is 1.97 bits per heavy atom. The van der Waals surface area contributed by atoms with Gasteiger partial charge in [0, 0.05) is 16.8 Å². The maximum atomic E-state index is 12.9. The van der Waals surface area contributed by atoms with Crippen LogP contribution in [0.2, 0.25) is 0 Å². The van der Waals surface area contributed by atoms with Crippen LogP contribution in [0.4, 0.5) is 10.1 Å². The van der Waals surface area contributed by atoms with Crippen molar-refractivity contribution in [3.05, 3.63) is 101 Å². The number of ketones is 1. The molecular formula is C23H18FNO4. The maximum absolute atomic E-state index is 12.9. The largest absolute Gasteiger partial charge is 0.454 e. The topological polar surface area (TPSA) is 72.5 Å². The van der Waals surface area contributed by atoms with Crippen LogP contribution in [-0.2, 0) is 4.74 Å². The van der Waals surface area contributed by atoms with Crippen LogP contribution < -0.4 is 5.32 Å².